The number of carbonyl (C=O) groups excluding carboxylic acids is 1. The Bertz CT molecular complexity index is 1370. The Morgan fingerprint density at radius 2 is 1.86 bits per heavy atom. The molecule has 0 atom stereocenters. The van der Waals surface area contributed by atoms with E-state index >= 15 is 0 Å². The van der Waals surface area contributed by atoms with Gasteiger partial charge in [-0.25, -0.2) is 4.99 Å². The van der Waals surface area contributed by atoms with E-state index in [1.807, 2.05) is 55.5 Å². The third-order valence-corrected chi connectivity index (χ3v) is 6.97. The Kier molecular flexibility index (Phi) is 8.41. The van der Waals surface area contributed by atoms with Gasteiger partial charge in [0, 0.05) is 5.56 Å². The van der Waals surface area contributed by atoms with Gasteiger partial charge < -0.3 is 14.8 Å². The second-order valence-corrected chi connectivity index (χ2v) is 9.90. The fraction of sp³-hybridized carbons (Fsp3) is 0.143. The smallest absolute Gasteiger partial charge is 0.264 e. The Morgan fingerprint density at radius 3 is 2.56 bits per heavy atom. The maximum atomic E-state index is 12.6. The zero-order valence-corrected chi connectivity index (χ0v) is 22.1. The topological polar surface area (TPSA) is 59.9 Å². The predicted molar refractivity (Wildman–Crippen MR) is 150 cm³/mol. The van der Waals surface area contributed by atoms with Gasteiger partial charge in [0.25, 0.3) is 5.91 Å². The molecule has 3 aromatic rings. The highest BCUT2D eigenvalue weighted by molar-refractivity contribution is 8.18. The van der Waals surface area contributed by atoms with Crippen molar-refractivity contribution in [2.75, 3.05) is 7.11 Å². The van der Waals surface area contributed by atoms with Crippen LogP contribution in [-0.2, 0) is 17.8 Å². The number of nitrogens with one attached hydrogen (secondary N) is 1. The van der Waals surface area contributed by atoms with Crippen molar-refractivity contribution in [1.82, 2.24) is 5.32 Å². The molecule has 8 heteroatoms. The summed E-state index contributed by atoms with van der Waals surface area (Å²) < 4.78 is 11.8. The van der Waals surface area contributed by atoms with Gasteiger partial charge in [0.15, 0.2) is 16.7 Å². The van der Waals surface area contributed by atoms with Gasteiger partial charge in [-0.1, -0.05) is 53.0 Å². The molecule has 5 nitrogen and oxygen atoms in total. The minimum absolute atomic E-state index is 0.199. The number of nitrogens with zero attached hydrogens (tertiary/aromatic N) is 1. The minimum atomic E-state index is -0.199. The lowest BCUT2D eigenvalue weighted by molar-refractivity contribution is -0.115. The lowest BCUT2D eigenvalue weighted by Gasteiger charge is -2.16. The molecule has 0 spiro atoms. The molecule has 1 aliphatic rings. The van der Waals surface area contributed by atoms with Crippen molar-refractivity contribution in [3.05, 3.63) is 104 Å². The largest absolute Gasteiger partial charge is 0.493 e. The number of rotatable bonds is 8. The zero-order chi connectivity index (χ0) is 25.7. The van der Waals surface area contributed by atoms with E-state index in [1.54, 1.807) is 25.3 Å². The number of benzene rings is 3. The monoisotopic (exact) mass is 538 g/mol. The molecule has 0 bridgehead atoms. The number of allylic oxidation sites excluding steroid dienone is 1. The lowest BCUT2D eigenvalue weighted by atomic mass is 10.0. The van der Waals surface area contributed by atoms with E-state index in [1.165, 1.54) is 11.8 Å². The van der Waals surface area contributed by atoms with Crippen LogP contribution >= 0.6 is 35.0 Å². The summed E-state index contributed by atoms with van der Waals surface area (Å²) in [7, 11) is 1.58. The highest BCUT2D eigenvalue weighted by Gasteiger charge is 2.24. The van der Waals surface area contributed by atoms with Crippen LogP contribution in [0.15, 0.2) is 77.1 Å². The molecule has 1 amide bonds. The van der Waals surface area contributed by atoms with Gasteiger partial charge in [-0.15, -0.1) is 6.58 Å². The number of hydrogen-bond acceptors (Lipinski definition) is 5. The van der Waals surface area contributed by atoms with Gasteiger partial charge in [-0.3, -0.25) is 4.79 Å². The summed E-state index contributed by atoms with van der Waals surface area (Å²) >= 11 is 13.4. The highest BCUT2D eigenvalue weighted by atomic mass is 35.5. The van der Waals surface area contributed by atoms with E-state index in [2.05, 4.69) is 16.9 Å². The normalized spacial score (nSPS) is 15.3. The van der Waals surface area contributed by atoms with Crippen molar-refractivity contribution < 1.29 is 14.3 Å². The number of thioether (sulfide) groups is 1. The van der Waals surface area contributed by atoms with Crippen LogP contribution in [-0.4, -0.2) is 18.2 Å². The average Bonchev–Trinajstić information content (AvgIpc) is 3.20. The maximum absolute atomic E-state index is 12.6. The average molecular weight is 539 g/mol. The lowest BCUT2D eigenvalue weighted by Crippen LogP contribution is -2.19. The summed E-state index contributed by atoms with van der Waals surface area (Å²) in [5, 5.41) is 4.32. The Hall–Kier alpha value is -3.19. The quantitative estimate of drug-likeness (QED) is 0.238. The summed E-state index contributed by atoms with van der Waals surface area (Å²) in [6.45, 7) is 6.17. The van der Waals surface area contributed by atoms with Crippen LogP contribution in [0.1, 0.15) is 22.3 Å². The summed E-state index contributed by atoms with van der Waals surface area (Å²) in [5.74, 6) is 0.962. The zero-order valence-electron chi connectivity index (χ0n) is 19.8. The van der Waals surface area contributed by atoms with Crippen molar-refractivity contribution in [1.29, 1.82) is 0 Å². The number of halogens is 2. The molecule has 3 aromatic carbocycles. The van der Waals surface area contributed by atoms with Gasteiger partial charge in [0.2, 0.25) is 0 Å². The molecule has 1 fully saturated rings. The van der Waals surface area contributed by atoms with Gasteiger partial charge in [0.1, 0.15) is 6.61 Å². The van der Waals surface area contributed by atoms with E-state index in [0.717, 1.165) is 27.9 Å². The molecule has 0 radical (unpaired) electrons. The fourth-order valence-corrected chi connectivity index (χ4v) is 4.71. The van der Waals surface area contributed by atoms with Crippen LogP contribution in [0, 0.1) is 6.92 Å². The number of ether oxygens (including phenoxy) is 2. The van der Waals surface area contributed by atoms with E-state index in [0.29, 0.717) is 38.0 Å². The van der Waals surface area contributed by atoms with Crippen LogP contribution in [0.4, 0.5) is 5.69 Å². The first kappa shape index (κ1) is 25.9. The Balaban J connectivity index is 1.59. The molecular formula is C28H24Cl2N2O3S. The van der Waals surface area contributed by atoms with Crippen LogP contribution in [0.2, 0.25) is 10.0 Å². The standard InChI is InChI=1S/C28H24Cl2N2O3S/c1-4-5-20-12-19(14-24(34-3)26(20)35-16-18-8-11-22(29)23(30)13-18)15-25-27(33)32-28(36-25)31-21-9-6-17(2)7-10-21/h4,6-15H,1,5,16H2,2-3H3,(H,31,32,33)/b25-15+. The molecule has 0 aromatic heterocycles. The van der Waals surface area contributed by atoms with Crippen LogP contribution < -0.4 is 14.8 Å². The summed E-state index contributed by atoms with van der Waals surface area (Å²) in [6, 6.07) is 17.0. The van der Waals surface area contributed by atoms with E-state index in [9.17, 15) is 4.79 Å². The number of aryl methyl sites for hydroxylation is 1. The molecule has 1 heterocycles. The maximum Gasteiger partial charge on any atom is 0.264 e. The first-order valence-corrected chi connectivity index (χ1v) is 12.7. The van der Waals surface area contributed by atoms with Crippen molar-refractivity contribution in [3.63, 3.8) is 0 Å². The van der Waals surface area contributed by atoms with Crippen molar-refractivity contribution in [3.8, 4) is 11.5 Å². The fourth-order valence-electron chi connectivity index (χ4n) is 3.54. The molecule has 1 aliphatic heterocycles. The van der Waals surface area contributed by atoms with E-state index in [4.69, 9.17) is 32.7 Å². The van der Waals surface area contributed by atoms with Gasteiger partial charge in [-0.05, 0) is 78.7 Å². The van der Waals surface area contributed by atoms with Crippen LogP contribution in [0.25, 0.3) is 6.08 Å². The number of methoxy groups -OCH3 is 1. The first-order chi connectivity index (χ1) is 17.4. The summed E-state index contributed by atoms with van der Waals surface area (Å²) in [4.78, 5) is 17.7. The van der Waals surface area contributed by atoms with Crippen molar-refractivity contribution in [2.45, 2.75) is 20.0 Å². The number of carbonyl (C=O) groups is 1. The summed E-state index contributed by atoms with van der Waals surface area (Å²) in [6.07, 6.45) is 4.17. The Labute approximate surface area is 224 Å². The van der Waals surface area contributed by atoms with Crippen LogP contribution in [0.3, 0.4) is 0 Å². The first-order valence-electron chi connectivity index (χ1n) is 11.1. The molecular weight excluding hydrogens is 515 g/mol. The molecule has 1 saturated heterocycles. The number of aliphatic imine (C=N–C) groups is 1. The predicted octanol–water partition coefficient (Wildman–Crippen LogP) is 7.51. The van der Waals surface area contributed by atoms with E-state index in [-0.39, 0.29) is 12.5 Å². The van der Waals surface area contributed by atoms with Crippen molar-refractivity contribution in [2.24, 2.45) is 4.99 Å². The minimum Gasteiger partial charge on any atom is -0.493 e. The highest BCUT2D eigenvalue weighted by Crippen LogP contribution is 2.37. The molecule has 36 heavy (non-hydrogen) atoms. The van der Waals surface area contributed by atoms with Crippen molar-refractivity contribution >= 4 is 57.8 Å². The molecule has 0 aliphatic carbocycles. The van der Waals surface area contributed by atoms with Gasteiger partial charge in [-0.2, -0.15) is 0 Å². The molecule has 184 valence electrons. The second kappa shape index (κ2) is 11.7. The number of hydrogen-bond donors (Lipinski definition) is 1. The Morgan fingerprint density at radius 1 is 1.08 bits per heavy atom. The van der Waals surface area contributed by atoms with E-state index < -0.39 is 0 Å². The summed E-state index contributed by atoms with van der Waals surface area (Å²) in [5.41, 5.74) is 4.49. The second-order valence-electron chi connectivity index (χ2n) is 8.06. The third kappa shape index (κ3) is 6.32. The third-order valence-electron chi connectivity index (χ3n) is 5.32. The molecule has 0 unspecified atom stereocenters. The van der Waals surface area contributed by atoms with Gasteiger partial charge >= 0.3 is 0 Å². The molecule has 0 saturated carbocycles. The number of amides is 1. The molecule has 4 rings (SSSR count). The van der Waals surface area contributed by atoms with Gasteiger partial charge in [0.05, 0.1) is 27.7 Å². The molecule has 1 N–H and O–H groups in total. The van der Waals surface area contributed by atoms with Crippen LogP contribution in [0.5, 0.6) is 11.5 Å². The SMILES string of the molecule is C=CCc1cc(/C=C2/SC(=Nc3ccc(C)cc3)NC2=O)cc(OC)c1OCc1ccc(Cl)c(Cl)c1. The number of amidine groups is 1.